The van der Waals surface area contributed by atoms with Crippen LogP contribution in [-0.2, 0) is 33.8 Å². The van der Waals surface area contributed by atoms with Crippen LogP contribution >= 0.6 is 0 Å². The maximum absolute atomic E-state index is 12.7. The molecule has 1 atom stereocenters. The van der Waals surface area contributed by atoms with E-state index in [0.717, 1.165) is 30.5 Å². The molecule has 6 rings (SSSR count). The van der Waals surface area contributed by atoms with E-state index in [4.69, 9.17) is 9.47 Å². The first-order chi connectivity index (χ1) is 19.7. The van der Waals surface area contributed by atoms with Crippen LogP contribution in [0.2, 0.25) is 0 Å². The number of fused-ring (bicyclic) bond motifs is 13. The van der Waals surface area contributed by atoms with Crippen LogP contribution in [0.5, 0.6) is 0 Å². The number of carbonyl (C=O) groups excluding carboxylic acids is 2. The molecule has 10 heteroatoms. The van der Waals surface area contributed by atoms with Gasteiger partial charge in [0.05, 0.1) is 39.0 Å². The summed E-state index contributed by atoms with van der Waals surface area (Å²) in [5, 5.41) is 13.5. The van der Waals surface area contributed by atoms with Crippen molar-refractivity contribution in [3.05, 3.63) is 82.7 Å². The van der Waals surface area contributed by atoms with E-state index < -0.39 is 0 Å². The number of aromatic nitrogens is 3. The van der Waals surface area contributed by atoms with Gasteiger partial charge in [-0.05, 0) is 55.0 Å². The SMILES string of the molecule is O=C1CCc2ccc(cc2)C(=O)NCCOCCn2nnc(c2C#Cc2ccccc2)COC[C@H]2CCCN2N1. The van der Waals surface area contributed by atoms with Crippen molar-refractivity contribution in [3.63, 3.8) is 0 Å². The average Bonchev–Trinajstić information content (AvgIpc) is 3.59. The lowest BCUT2D eigenvalue weighted by Gasteiger charge is -2.24. The minimum Gasteiger partial charge on any atom is -0.378 e. The highest BCUT2D eigenvalue weighted by Crippen LogP contribution is 2.17. The lowest BCUT2D eigenvalue weighted by molar-refractivity contribution is -0.126. The number of hydrogen-bond donors (Lipinski definition) is 2. The van der Waals surface area contributed by atoms with E-state index in [2.05, 4.69) is 32.9 Å². The van der Waals surface area contributed by atoms with Crippen molar-refractivity contribution in [3.8, 4) is 11.8 Å². The molecular formula is C30H34N6O4. The summed E-state index contributed by atoms with van der Waals surface area (Å²) in [6.45, 7) is 3.12. The Morgan fingerprint density at radius 2 is 1.77 bits per heavy atom. The molecule has 0 unspecified atom stereocenters. The van der Waals surface area contributed by atoms with Crippen LogP contribution in [0, 0.1) is 11.8 Å². The number of carbonyl (C=O) groups is 2. The first kappa shape index (κ1) is 27.5. The van der Waals surface area contributed by atoms with Gasteiger partial charge in [0.1, 0.15) is 11.4 Å². The monoisotopic (exact) mass is 542 g/mol. The van der Waals surface area contributed by atoms with Gasteiger partial charge < -0.3 is 14.8 Å². The van der Waals surface area contributed by atoms with Crippen LogP contribution in [0.4, 0.5) is 0 Å². The zero-order chi connectivity index (χ0) is 27.6. The maximum atomic E-state index is 12.7. The van der Waals surface area contributed by atoms with Crippen LogP contribution in [0.1, 0.15) is 52.1 Å². The second kappa shape index (κ2) is 13.8. The summed E-state index contributed by atoms with van der Waals surface area (Å²) in [5.74, 6) is 6.21. The second-order valence-electron chi connectivity index (χ2n) is 9.83. The average molecular weight is 543 g/mol. The van der Waals surface area contributed by atoms with Crippen LogP contribution in [0.3, 0.4) is 0 Å². The minimum atomic E-state index is -0.161. The quantitative estimate of drug-likeness (QED) is 0.419. The Morgan fingerprint density at radius 1 is 0.925 bits per heavy atom. The molecule has 1 fully saturated rings. The number of hydrogen-bond acceptors (Lipinski definition) is 7. The Balaban J connectivity index is 1.30. The van der Waals surface area contributed by atoms with Gasteiger partial charge in [0, 0.05) is 30.6 Å². The van der Waals surface area contributed by atoms with Gasteiger partial charge >= 0.3 is 0 Å². The minimum absolute atomic E-state index is 0.0338. The van der Waals surface area contributed by atoms with Crippen LogP contribution in [0.25, 0.3) is 0 Å². The largest absolute Gasteiger partial charge is 0.378 e. The van der Waals surface area contributed by atoms with Crippen LogP contribution in [0.15, 0.2) is 54.6 Å². The Kier molecular flexibility index (Phi) is 9.53. The molecule has 0 saturated carbocycles. The predicted octanol–water partition coefficient (Wildman–Crippen LogP) is 2.08. The van der Waals surface area contributed by atoms with Crippen molar-refractivity contribution in [2.75, 3.05) is 32.9 Å². The van der Waals surface area contributed by atoms with Crippen LogP contribution in [-0.4, -0.2) is 70.8 Å². The molecule has 40 heavy (non-hydrogen) atoms. The number of aryl methyl sites for hydroxylation is 1. The number of hydrazine groups is 1. The van der Waals surface area contributed by atoms with E-state index in [-0.39, 0.29) is 24.5 Å². The summed E-state index contributed by atoms with van der Waals surface area (Å²) in [6, 6.07) is 17.2. The molecule has 10 nitrogen and oxygen atoms in total. The zero-order valence-electron chi connectivity index (χ0n) is 22.5. The van der Waals surface area contributed by atoms with Crippen molar-refractivity contribution in [1.29, 1.82) is 0 Å². The lowest BCUT2D eigenvalue weighted by Crippen LogP contribution is -2.46. The third kappa shape index (κ3) is 7.54. The fraction of sp³-hybridized carbons (Fsp3) is 0.400. The number of benzene rings is 2. The Bertz CT molecular complexity index is 1350. The van der Waals surface area contributed by atoms with Crippen LogP contribution < -0.4 is 10.7 Å². The van der Waals surface area contributed by atoms with E-state index in [1.165, 1.54) is 0 Å². The summed E-state index contributed by atoms with van der Waals surface area (Å²) < 4.78 is 13.6. The lowest BCUT2D eigenvalue weighted by atomic mass is 10.1. The Hall–Kier alpha value is -4.04. The zero-order valence-corrected chi connectivity index (χ0v) is 22.5. The fourth-order valence-corrected chi connectivity index (χ4v) is 4.73. The van der Waals surface area contributed by atoms with E-state index in [1.807, 2.05) is 47.5 Å². The molecule has 3 aliphatic rings. The number of amides is 2. The molecule has 4 bridgehead atoms. The Labute approximate surface area is 234 Å². The van der Waals surface area contributed by atoms with E-state index >= 15 is 0 Å². The van der Waals surface area contributed by atoms with Crippen molar-refractivity contribution < 1.29 is 19.1 Å². The molecule has 0 radical (unpaired) electrons. The maximum Gasteiger partial charge on any atom is 0.251 e. The molecule has 2 aromatic carbocycles. The van der Waals surface area contributed by atoms with Gasteiger partial charge in [-0.1, -0.05) is 41.5 Å². The summed E-state index contributed by atoms with van der Waals surface area (Å²) in [7, 11) is 0. The summed E-state index contributed by atoms with van der Waals surface area (Å²) in [4.78, 5) is 25.2. The van der Waals surface area contributed by atoms with Crippen molar-refractivity contribution in [2.45, 2.75) is 44.9 Å². The smallest absolute Gasteiger partial charge is 0.251 e. The number of nitrogens with zero attached hydrogens (tertiary/aromatic N) is 4. The molecule has 3 aromatic rings. The standard InChI is InChI=1S/C30H34N6O4/c37-29-15-11-24-8-12-25(13-9-24)30(38)31-16-19-39-20-18-36-28(14-10-23-5-2-1-3-6-23)27(32-34-36)22-40-21-26-7-4-17-35(26)33-29/h1-3,5-6,8-9,12-13,26H,4,7,11,15-22H2,(H,31,38)(H,33,37)/t26-/m1/s1. The topological polar surface area (TPSA) is 111 Å². The van der Waals surface area contributed by atoms with Crippen molar-refractivity contribution in [2.24, 2.45) is 0 Å². The second-order valence-corrected chi connectivity index (χ2v) is 9.83. The summed E-state index contributed by atoms with van der Waals surface area (Å²) in [6.07, 6.45) is 2.88. The highest BCUT2D eigenvalue weighted by molar-refractivity contribution is 5.94. The number of nitrogens with one attached hydrogen (secondary N) is 2. The van der Waals surface area contributed by atoms with Gasteiger partial charge in [0.2, 0.25) is 5.91 Å². The summed E-state index contributed by atoms with van der Waals surface area (Å²) >= 11 is 0. The van der Waals surface area contributed by atoms with Gasteiger partial charge in [-0.2, -0.15) is 0 Å². The molecule has 1 saturated heterocycles. The molecule has 0 spiro atoms. The molecule has 2 N–H and O–H groups in total. The van der Waals surface area contributed by atoms with Crippen molar-refractivity contribution in [1.82, 2.24) is 30.7 Å². The van der Waals surface area contributed by atoms with Gasteiger partial charge in [0.25, 0.3) is 5.91 Å². The van der Waals surface area contributed by atoms with Crippen molar-refractivity contribution >= 4 is 11.8 Å². The van der Waals surface area contributed by atoms with E-state index in [1.54, 1.807) is 16.8 Å². The molecular weight excluding hydrogens is 508 g/mol. The number of ether oxygens (including phenoxy) is 2. The molecule has 208 valence electrons. The highest BCUT2D eigenvalue weighted by atomic mass is 16.5. The van der Waals surface area contributed by atoms with Gasteiger partial charge in [-0.15, -0.1) is 5.10 Å². The fourth-order valence-electron chi connectivity index (χ4n) is 4.73. The Morgan fingerprint density at radius 3 is 2.62 bits per heavy atom. The third-order valence-corrected chi connectivity index (χ3v) is 6.93. The molecule has 1 aromatic heterocycles. The van der Waals surface area contributed by atoms with Gasteiger partial charge in [0.15, 0.2) is 0 Å². The first-order valence-electron chi connectivity index (χ1n) is 13.7. The molecule has 4 heterocycles. The van der Waals surface area contributed by atoms with Gasteiger partial charge in [-0.3, -0.25) is 15.0 Å². The molecule has 3 aliphatic heterocycles. The third-order valence-electron chi connectivity index (χ3n) is 6.93. The molecule has 2 amide bonds. The van der Waals surface area contributed by atoms with E-state index in [9.17, 15) is 9.59 Å². The molecule has 0 aliphatic carbocycles. The number of rotatable bonds is 0. The predicted molar refractivity (Wildman–Crippen MR) is 148 cm³/mol. The van der Waals surface area contributed by atoms with E-state index in [0.29, 0.717) is 62.7 Å². The normalized spacial score (nSPS) is 19.6. The van der Waals surface area contributed by atoms with Gasteiger partial charge in [-0.25, -0.2) is 9.69 Å². The first-order valence-corrected chi connectivity index (χ1v) is 13.7. The summed E-state index contributed by atoms with van der Waals surface area (Å²) in [5.41, 5.74) is 6.87. The highest BCUT2D eigenvalue weighted by Gasteiger charge is 2.26.